The summed E-state index contributed by atoms with van der Waals surface area (Å²) in [6.45, 7) is 0.558. The zero-order valence-electron chi connectivity index (χ0n) is 16.7. The molecule has 3 N–H and O–H groups in total. The van der Waals surface area contributed by atoms with Gasteiger partial charge in [-0.25, -0.2) is 9.18 Å². The zero-order valence-corrected chi connectivity index (χ0v) is 16.7. The number of aromatic amines is 1. The first kappa shape index (κ1) is 20.5. The average Bonchev–Trinajstić information content (AvgIpc) is 3.29. The predicted molar refractivity (Wildman–Crippen MR) is 111 cm³/mol. The Hall–Kier alpha value is -3.75. The molecule has 160 valence electrons. The molecule has 1 aliphatic rings. The van der Waals surface area contributed by atoms with E-state index in [2.05, 4.69) is 20.6 Å². The molecule has 4 rings (SSSR count). The Morgan fingerprint density at radius 1 is 1.19 bits per heavy atom. The summed E-state index contributed by atoms with van der Waals surface area (Å²) in [5, 5.41) is 6.16. The zero-order chi connectivity index (χ0) is 21.8. The van der Waals surface area contributed by atoms with E-state index >= 15 is 0 Å². The van der Waals surface area contributed by atoms with E-state index in [4.69, 9.17) is 0 Å². The molecule has 4 amide bonds. The fraction of sp³-hybridized carbons (Fsp3) is 0.273. The fourth-order valence-electron chi connectivity index (χ4n) is 3.64. The van der Waals surface area contributed by atoms with Gasteiger partial charge in [0.25, 0.3) is 5.91 Å². The number of rotatable bonds is 8. The van der Waals surface area contributed by atoms with E-state index in [1.807, 2.05) is 0 Å². The second-order valence-electron chi connectivity index (χ2n) is 7.42. The number of imide groups is 1. The third-order valence-electron chi connectivity index (χ3n) is 5.34. The van der Waals surface area contributed by atoms with Crippen LogP contribution in [-0.4, -0.2) is 45.3 Å². The SMILES string of the molecule is O=C(CCC1NC(=O)N(CCc2c[nH]c3ccc(F)cc23)C1=O)NCc1ccncc1. The lowest BCUT2D eigenvalue weighted by Gasteiger charge is -2.13. The lowest BCUT2D eigenvalue weighted by atomic mass is 10.1. The van der Waals surface area contributed by atoms with Gasteiger partial charge in [-0.1, -0.05) is 0 Å². The molecule has 0 spiro atoms. The lowest BCUT2D eigenvalue weighted by Crippen LogP contribution is -2.33. The standard InChI is InChI=1S/C22H22FN5O3/c23-16-1-2-18-17(11-16)15(13-25-18)7-10-28-21(30)19(27-22(28)31)3-4-20(29)26-12-14-5-8-24-9-6-14/h1-2,5-6,8-9,11,13,19,25H,3-4,7,10,12H2,(H,26,29)(H,27,31). The predicted octanol–water partition coefficient (Wildman–Crippen LogP) is 2.26. The van der Waals surface area contributed by atoms with Crippen LogP contribution in [0.25, 0.3) is 10.9 Å². The van der Waals surface area contributed by atoms with Crippen molar-refractivity contribution in [2.24, 2.45) is 0 Å². The van der Waals surface area contributed by atoms with Crippen LogP contribution in [0.3, 0.4) is 0 Å². The van der Waals surface area contributed by atoms with Gasteiger partial charge in [0.2, 0.25) is 5.91 Å². The summed E-state index contributed by atoms with van der Waals surface area (Å²) in [4.78, 5) is 45.1. The van der Waals surface area contributed by atoms with Crippen LogP contribution in [0, 0.1) is 5.82 Å². The van der Waals surface area contributed by atoms with Crippen molar-refractivity contribution in [2.75, 3.05) is 6.54 Å². The Morgan fingerprint density at radius 3 is 2.81 bits per heavy atom. The summed E-state index contributed by atoms with van der Waals surface area (Å²) in [5.74, 6) is -0.887. The molecule has 0 radical (unpaired) electrons. The fourth-order valence-corrected chi connectivity index (χ4v) is 3.64. The maximum Gasteiger partial charge on any atom is 0.324 e. The summed E-state index contributed by atoms with van der Waals surface area (Å²) in [7, 11) is 0. The number of hydrogen-bond donors (Lipinski definition) is 3. The molecular weight excluding hydrogens is 401 g/mol. The van der Waals surface area contributed by atoms with E-state index in [0.29, 0.717) is 13.0 Å². The van der Waals surface area contributed by atoms with Crippen LogP contribution < -0.4 is 10.6 Å². The number of carbonyl (C=O) groups excluding carboxylic acids is 3. The van der Waals surface area contributed by atoms with E-state index in [-0.39, 0.29) is 37.0 Å². The highest BCUT2D eigenvalue weighted by molar-refractivity contribution is 6.04. The number of amides is 4. The average molecular weight is 423 g/mol. The highest BCUT2D eigenvalue weighted by Gasteiger charge is 2.37. The van der Waals surface area contributed by atoms with Gasteiger partial charge >= 0.3 is 6.03 Å². The smallest absolute Gasteiger partial charge is 0.324 e. The van der Waals surface area contributed by atoms with Crippen molar-refractivity contribution in [1.29, 1.82) is 0 Å². The monoisotopic (exact) mass is 423 g/mol. The van der Waals surface area contributed by atoms with Gasteiger partial charge < -0.3 is 15.6 Å². The first-order valence-electron chi connectivity index (χ1n) is 10.0. The third-order valence-corrected chi connectivity index (χ3v) is 5.34. The Balaban J connectivity index is 1.28. The molecule has 2 aromatic heterocycles. The summed E-state index contributed by atoms with van der Waals surface area (Å²) in [5.41, 5.74) is 2.55. The Labute approximate surface area is 177 Å². The maximum atomic E-state index is 13.5. The quantitative estimate of drug-likeness (QED) is 0.483. The number of nitrogens with zero attached hydrogens (tertiary/aromatic N) is 2. The number of hydrogen-bond acceptors (Lipinski definition) is 4. The normalized spacial score (nSPS) is 16.0. The van der Waals surface area contributed by atoms with Crippen molar-refractivity contribution in [1.82, 2.24) is 25.5 Å². The third kappa shape index (κ3) is 4.71. The second kappa shape index (κ2) is 8.95. The van der Waals surface area contributed by atoms with Crippen LogP contribution in [0.2, 0.25) is 0 Å². The van der Waals surface area contributed by atoms with Crippen molar-refractivity contribution < 1.29 is 18.8 Å². The van der Waals surface area contributed by atoms with Gasteiger partial charge in [0.1, 0.15) is 11.9 Å². The number of benzene rings is 1. The molecule has 1 aliphatic heterocycles. The van der Waals surface area contributed by atoms with Crippen molar-refractivity contribution in [3.63, 3.8) is 0 Å². The van der Waals surface area contributed by atoms with Crippen LogP contribution in [0.4, 0.5) is 9.18 Å². The molecule has 1 saturated heterocycles. The van der Waals surface area contributed by atoms with E-state index in [1.54, 1.807) is 36.8 Å². The lowest BCUT2D eigenvalue weighted by molar-refractivity contribution is -0.127. The van der Waals surface area contributed by atoms with Crippen LogP contribution in [0.15, 0.2) is 48.9 Å². The highest BCUT2D eigenvalue weighted by atomic mass is 19.1. The van der Waals surface area contributed by atoms with Gasteiger partial charge in [0.15, 0.2) is 0 Å². The number of halogens is 1. The second-order valence-corrected chi connectivity index (χ2v) is 7.42. The number of pyridine rings is 1. The van der Waals surface area contributed by atoms with Gasteiger partial charge in [-0.15, -0.1) is 0 Å². The van der Waals surface area contributed by atoms with Crippen molar-refractivity contribution in [2.45, 2.75) is 31.8 Å². The van der Waals surface area contributed by atoms with Gasteiger partial charge in [0.05, 0.1) is 0 Å². The van der Waals surface area contributed by atoms with Crippen molar-refractivity contribution >= 4 is 28.7 Å². The van der Waals surface area contributed by atoms with Gasteiger partial charge in [-0.2, -0.15) is 0 Å². The molecule has 1 aromatic carbocycles. The molecule has 1 fully saturated rings. The molecule has 0 aliphatic carbocycles. The molecule has 1 atom stereocenters. The Kier molecular flexibility index (Phi) is 5.92. The minimum Gasteiger partial charge on any atom is -0.361 e. The number of aromatic nitrogens is 2. The molecule has 0 saturated carbocycles. The van der Waals surface area contributed by atoms with Crippen molar-refractivity contribution in [3.8, 4) is 0 Å². The van der Waals surface area contributed by atoms with Crippen LogP contribution in [-0.2, 0) is 22.6 Å². The summed E-state index contributed by atoms with van der Waals surface area (Å²) >= 11 is 0. The van der Waals surface area contributed by atoms with Crippen LogP contribution in [0.1, 0.15) is 24.0 Å². The molecule has 8 nitrogen and oxygen atoms in total. The first-order valence-corrected chi connectivity index (χ1v) is 10.0. The number of urea groups is 1. The number of carbonyl (C=O) groups is 3. The Bertz CT molecular complexity index is 1110. The van der Waals surface area contributed by atoms with Gasteiger partial charge in [-0.3, -0.25) is 19.5 Å². The number of fused-ring (bicyclic) bond motifs is 1. The Morgan fingerprint density at radius 2 is 2.00 bits per heavy atom. The first-order chi connectivity index (χ1) is 15.0. The van der Waals surface area contributed by atoms with E-state index in [1.165, 1.54) is 12.1 Å². The minimum absolute atomic E-state index is 0.122. The molecular formula is C22H22FN5O3. The largest absolute Gasteiger partial charge is 0.361 e. The molecule has 9 heteroatoms. The molecule has 3 heterocycles. The maximum absolute atomic E-state index is 13.5. The molecule has 0 bridgehead atoms. The highest BCUT2D eigenvalue weighted by Crippen LogP contribution is 2.21. The minimum atomic E-state index is -0.723. The van der Waals surface area contributed by atoms with Gasteiger partial charge in [-0.05, 0) is 54.3 Å². The topological polar surface area (TPSA) is 107 Å². The number of H-pyrrole nitrogens is 1. The number of nitrogens with one attached hydrogen (secondary N) is 3. The molecule has 1 unspecified atom stereocenters. The van der Waals surface area contributed by atoms with Crippen LogP contribution >= 0.6 is 0 Å². The molecule has 3 aromatic rings. The van der Waals surface area contributed by atoms with E-state index in [0.717, 1.165) is 26.9 Å². The summed E-state index contributed by atoms with van der Waals surface area (Å²) in [6, 6.07) is 6.87. The van der Waals surface area contributed by atoms with E-state index < -0.39 is 12.1 Å². The van der Waals surface area contributed by atoms with Crippen molar-refractivity contribution in [3.05, 3.63) is 65.9 Å². The summed E-state index contributed by atoms with van der Waals surface area (Å²) in [6.07, 6.45) is 5.80. The summed E-state index contributed by atoms with van der Waals surface area (Å²) < 4.78 is 13.5. The van der Waals surface area contributed by atoms with E-state index in [9.17, 15) is 18.8 Å². The van der Waals surface area contributed by atoms with Crippen LogP contribution in [0.5, 0.6) is 0 Å². The molecule has 31 heavy (non-hydrogen) atoms. The van der Waals surface area contributed by atoms with Gasteiger partial charge in [0, 0.05) is 49.0 Å².